The molecule has 0 amide bonds. The standard InChI is InChI=1S/C17H22O2/c1-11-6-4-7-12-10-14(19-16(11)12)15(18)13-8-5-9-17(13,2)3/h4,6-7,10,13,15,18H,5,8-9H2,1-3H3. The minimum Gasteiger partial charge on any atom is -0.458 e. The number of aliphatic hydroxyl groups excluding tert-OH is 1. The minimum absolute atomic E-state index is 0.202. The summed E-state index contributed by atoms with van der Waals surface area (Å²) in [6, 6.07) is 8.12. The topological polar surface area (TPSA) is 33.4 Å². The van der Waals surface area contributed by atoms with Gasteiger partial charge < -0.3 is 9.52 Å². The van der Waals surface area contributed by atoms with Crippen LogP contribution < -0.4 is 0 Å². The lowest BCUT2D eigenvalue weighted by Crippen LogP contribution is -2.23. The van der Waals surface area contributed by atoms with Gasteiger partial charge in [-0.05, 0) is 42.7 Å². The summed E-state index contributed by atoms with van der Waals surface area (Å²) in [6.07, 6.45) is 3.00. The zero-order valence-corrected chi connectivity index (χ0v) is 11.9. The molecule has 1 aliphatic rings. The van der Waals surface area contributed by atoms with Gasteiger partial charge in [0.2, 0.25) is 0 Å². The number of fused-ring (bicyclic) bond motifs is 1. The van der Waals surface area contributed by atoms with Crippen molar-refractivity contribution in [2.45, 2.75) is 46.1 Å². The summed E-state index contributed by atoms with van der Waals surface area (Å²) in [5, 5.41) is 11.7. The number of hydrogen-bond donors (Lipinski definition) is 1. The van der Waals surface area contributed by atoms with Crippen molar-refractivity contribution >= 4 is 11.0 Å². The van der Waals surface area contributed by atoms with Crippen molar-refractivity contribution in [1.82, 2.24) is 0 Å². The van der Waals surface area contributed by atoms with Crippen molar-refractivity contribution in [2.24, 2.45) is 11.3 Å². The van der Waals surface area contributed by atoms with E-state index in [9.17, 15) is 5.11 Å². The zero-order chi connectivity index (χ0) is 13.6. The van der Waals surface area contributed by atoms with E-state index >= 15 is 0 Å². The molecule has 0 saturated heterocycles. The lowest BCUT2D eigenvalue weighted by atomic mass is 9.78. The molecule has 1 saturated carbocycles. The molecule has 2 unspecified atom stereocenters. The third-order valence-corrected chi connectivity index (χ3v) is 4.77. The van der Waals surface area contributed by atoms with Gasteiger partial charge in [-0.2, -0.15) is 0 Å². The summed E-state index contributed by atoms with van der Waals surface area (Å²) >= 11 is 0. The molecule has 1 aromatic carbocycles. The molecule has 3 rings (SSSR count). The number of aryl methyl sites for hydroxylation is 1. The van der Waals surface area contributed by atoms with E-state index in [1.165, 1.54) is 12.8 Å². The first-order valence-electron chi connectivity index (χ1n) is 7.16. The van der Waals surface area contributed by atoms with Crippen LogP contribution in [0.5, 0.6) is 0 Å². The SMILES string of the molecule is Cc1cccc2cc(C(O)C3CCCC3(C)C)oc12. The normalized spacial score (nSPS) is 23.9. The Balaban J connectivity index is 1.98. The predicted molar refractivity (Wildman–Crippen MR) is 77.0 cm³/mol. The van der Waals surface area contributed by atoms with E-state index in [1.807, 2.05) is 31.2 Å². The quantitative estimate of drug-likeness (QED) is 0.854. The zero-order valence-electron chi connectivity index (χ0n) is 11.9. The van der Waals surface area contributed by atoms with E-state index in [4.69, 9.17) is 4.42 Å². The fourth-order valence-corrected chi connectivity index (χ4v) is 3.51. The molecule has 1 aromatic heterocycles. The van der Waals surface area contributed by atoms with E-state index in [-0.39, 0.29) is 5.41 Å². The first-order valence-corrected chi connectivity index (χ1v) is 7.16. The van der Waals surface area contributed by atoms with Crippen molar-refractivity contribution in [3.8, 4) is 0 Å². The van der Waals surface area contributed by atoms with Crippen LogP contribution in [0.4, 0.5) is 0 Å². The van der Waals surface area contributed by atoms with Gasteiger partial charge in [-0.15, -0.1) is 0 Å². The number of benzene rings is 1. The van der Waals surface area contributed by atoms with Crippen molar-refractivity contribution in [3.05, 3.63) is 35.6 Å². The second kappa shape index (κ2) is 4.38. The van der Waals surface area contributed by atoms with Gasteiger partial charge in [0, 0.05) is 5.39 Å². The van der Waals surface area contributed by atoms with Gasteiger partial charge in [0.25, 0.3) is 0 Å². The summed E-state index contributed by atoms with van der Waals surface area (Å²) in [7, 11) is 0. The Kier molecular flexibility index (Phi) is 2.94. The number of furan rings is 1. The summed E-state index contributed by atoms with van der Waals surface area (Å²) < 4.78 is 5.92. The molecule has 1 aliphatic carbocycles. The molecule has 1 heterocycles. The highest BCUT2D eigenvalue weighted by atomic mass is 16.4. The first kappa shape index (κ1) is 12.7. The highest BCUT2D eigenvalue weighted by molar-refractivity contribution is 5.80. The predicted octanol–water partition coefficient (Wildman–Crippen LogP) is 4.60. The molecule has 102 valence electrons. The number of hydrogen-bond acceptors (Lipinski definition) is 2. The van der Waals surface area contributed by atoms with E-state index in [0.29, 0.717) is 5.92 Å². The molecule has 0 spiro atoms. The van der Waals surface area contributed by atoms with Gasteiger partial charge in [-0.3, -0.25) is 0 Å². The molecule has 2 atom stereocenters. The summed E-state index contributed by atoms with van der Waals surface area (Å²) in [5.74, 6) is 1.03. The minimum atomic E-state index is -0.482. The summed E-state index contributed by atoms with van der Waals surface area (Å²) in [5.41, 5.74) is 2.24. The molecule has 0 aliphatic heterocycles. The van der Waals surface area contributed by atoms with Crippen molar-refractivity contribution in [3.63, 3.8) is 0 Å². The Bertz CT molecular complexity index is 594. The van der Waals surface area contributed by atoms with Crippen LogP contribution in [-0.2, 0) is 0 Å². The average Bonchev–Trinajstić information content (AvgIpc) is 2.92. The van der Waals surface area contributed by atoms with Crippen molar-refractivity contribution in [2.75, 3.05) is 0 Å². The maximum atomic E-state index is 10.7. The molecular weight excluding hydrogens is 236 g/mol. The van der Waals surface area contributed by atoms with Gasteiger partial charge >= 0.3 is 0 Å². The van der Waals surface area contributed by atoms with Crippen LogP contribution in [0.1, 0.15) is 50.5 Å². The highest BCUT2D eigenvalue weighted by Crippen LogP contribution is 2.49. The lowest BCUT2D eigenvalue weighted by Gasteiger charge is -2.30. The molecule has 1 N–H and O–H groups in total. The lowest BCUT2D eigenvalue weighted by molar-refractivity contribution is 0.0378. The Labute approximate surface area is 114 Å². The van der Waals surface area contributed by atoms with Crippen LogP contribution >= 0.6 is 0 Å². The fourth-order valence-electron chi connectivity index (χ4n) is 3.51. The number of aliphatic hydroxyl groups is 1. The third-order valence-electron chi connectivity index (χ3n) is 4.77. The van der Waals surface area contributed by atoms with Crippen LogP contribution in [0.3, 0.4) is 0 Å². The Morgan fingerprint density at radius 2 is 2.16 bits per heavy atom. The monoisotopic (exact) mass is 258 g/mol. The second-order valence-corrected chi connectivity index (χ2v) is 6.57. The van der Waals surface area contributed by atoms with Crippen LogP contribution in [0.2, 0.25) is 0 Å². The van der Waals surface area contributed by atoms with Crippen molar-refractivity contribution in [1.29, 1.82) is 0 Å². The Morgan fingerprint density at radius 3 is 2.79 bits per heavy atom. The first-order chi connectivity index (χ1) is 8.99. The molecule has 0 radical (unpaired) electrons. The molecule has 19 heavy (non-hydrogen) atoms. The van der Waals surface area contributed by atoms with Gasteiger partial charge in [-0.1, -0.05) is 38.5 Å². The van der Waals surface area contributed by atoms with E-state index in [2.05, 4.69) is 13.8 Å². The van der Waals surface area contributed by atoms with Crippen LogP contribution in [0.25, 0.3) is 11.0 Å². The van der Waals surface area contributed by atoms with Gasteiger partial charge in [0.15, 0.2) is 0 Å². The van der Waals surface area contributed by atoms with Crippen LogP contribution in [0, 0.1) is 18.3 Å². The molecular formula is C17H22O2. The molecule has 2 nitrogen and oxygen atoms in total. The maximum absolute atomic E-state index is 10.7. The summed E-state index contributed by atoms with van der Waals surface area (Å²) in [4.78, 5) is 0. The Morgan fingerprint density at radius 1 is 1.37 bits per heavy atom. The molecule has 0 bridgehead atoms. The fraction of sp³-hybridized carbons (Fsp3) is 0.529. The number of rotatable bonds is 2. The largest absolute Gasteiger partial charge is 0.458 e. The van der Waals surface area contributed by atoms with Gasteiger partial charge in [0.05, 0.1) is 0 Å². The Hall–Kier alpha value is -1.28. The van der Waals surface area contributed by atoms with Crippen LogP contribution in [-0.4, -0.2) is 5.11 Å². The van der Waals surface area contributed by atoms with Gasteiger partial charge in [0.1, 0.15) is 17.4 Å². The average molecular weight is 258 g/mol. The maximum Gasteiger partial charge on any atom is 0.137 e. The van der Waals surface area contributed by atoms with Crippen molar-refractivity contribution < 1.29 is 9.52 Å². The van der Waals surface area contributed by atoms with Gasteiger partial charge in [-0.25, -0.2) is 0 Å². The summed E-state index contributed by atoms with van der Waals surface area (Å²) in [6.45, 7) is 6.55. The third kappa shape index (κ3) is 2.08. The van der Waals surface area contributed by atoms with E-state index in [0.717, 1.165) is 28.7 Å². The van der Waals surface area contributed by atoms with Crippen LogP contribution in [0.15, 0.2) is 28.7 Å². The van der Waals surface area contributed by atoms with E-state index < -0.39 is 6.10 Å². The molecule has 2 aromatic rings. The highest BCUT2D eigenvalue weighted by Gasteiger charge is 2.40. The molecule has 2 heteroatoms. The van der Waals surface area contributed by atoms with E-state index in [1.54, 1.807) is 0 Å². The smallest absolute Gasteiger partial charge is 0.137 e. The molecule has 1 fully saturated rings. The second-order valence-electron chi connectivity index (χ2n) is 6.57. The number of para-hydroxylation sites is 1.